The molecule has 0 unspecified atom stereocenters. The van der Waals surface area contributed by atoms with Crippen molar-refractivity contribution in [3.8, 4) is 5.75 Å². The van der Waals surface area contributed by atoms with E-state index < -0.39 is 0 Å². The Balaban J connectivity index is 2.36. The molecule has 116 valence electrons. The molecule has 0 heterocycles. The lowest BCUT2D eigenvalue weighted by Crippen LogP contribution is -2.45. The van der Waals surface area contributed by atoms with Crippen molar-refractivity contribution < 1.29 is 14.3 Å². The van der Waals surface area contributed by atoms with Crippen molar-refractivity contribution in [1.29, 1.82) is 0 Å². The molecule has 0 radical (unpaired) electrons. The van der Waals surface area contributed by atoms with Crippen LogP contribution < -0.4 is 20.9 Å². The van der Waals surface area contributed by atoms with Gasteiger partial charge in [0.2, 0.25) is 5.91 Å². The van der Waals surface area contributed by atoms with Gasteiger partial charge in [0.05, 0.1) is 19.3 Å². The minimum absolute atomic E-state index is 0.0379. The van der Waals surface area contributed by atoms with E-state index >= 15 is 0 Å². The fourth-order valence-electron chi connectivity index (χ4n) is 1.68. The quantitative estimate of drug-likeness (QED) is 0.722. The van der Waals surface area contributed by atoms with Crippen molar-refractivity contribution in [1.82, 2.24) is 10.9 Å². The summed E-state index contributed by atoms with van der Waals surface area (Å²) in [5.41, 5.74) is 5.36. The summed E-state index contributed by atoms with van der Waals surface area (Å²) in [6, 6.07) is 7.29. The van der Waals surface area contributed by atoms with Crippen molar-refractivity contribution in [2.45, 2.75) is 27.2 Å². The van der Waals surface area contributed by atoms with E-state index in [0.717, 1.165) is 5.69 Å². The Morgan fingerprint density at radius 3 is 2.33 bits per heavy atom. The average molecular weight is 293 g/mol. The number of anilines is 1. The summed E-state index contributed by atoms with van der Waals surface area (Å²) < 4.78 is 5.17. The lowest BCUT2D eigenvalue weighted by atomic mass is 9.92. The summed E-state index contributed by atoms with van der Waals surface area (Å²) in [5.74, 6) is 0.110. The number of rotatable bonds is 5. The van der Waals surface area contributed by atoms with Gasteiger partial charge in [-0.05, 0) is 17.5 Å². The van der Waals surface area contributed by atoms with Crippen molar-refractivity contribution in [3.05, 3.63) is 24.3 Å². The molecule has 0 atom stereocenters. The number of carbonyl (C=O) groups is 2. The average Bonchev–Trinajstić information content (AvgIpc) is 2.41. The van der Waals surface area contributed by atoms with Gasteiger partial charge in [0.25, 0.3) is 5.91 Å². The van der Waals surface area contributed by atoms with Gasteiger partial charge in [0, 0.05) is 6.42 Å². The lowest BCUT2D eigenvalue weighted by Gasteiger charge is -2.17. The number of para-hydroxylation sites is 2. The molecule has 21 heavy (non-hydrogen) atoms. The predicted octanol–water partition coefficient (Wildman–Crippen LogP) is 1.69. The van der Waals surface area contributed by atoms with Crippen LogP contribution >= 0.6 is 0 Å². The smallest absolute Gasteiger partial charge is 0.257 e. The molecule has 0 bridgehead atoms. The summed E-state index contributed by atoms with van der Waals surface area (Å²) >= 11 is 0. The molecule has 1 rings (SSSR count). The summed E-state index contributed by atoms with van der Waals surface area (Å²) in [6.07, 6.45) is 0.340. The Hall–Kier alpha value is -2.24. The zero-order valence-corrected chi connectivity index (χ0v) is 12.9. The SMILES string of the molecule is COc1ccccc1NCC(=O)NNC(=O)CC(C)(C)C. The lowest BCUT2D eigenvalue weighted by molar-refractivity contribution is -0.129. The Bertz CT molecular complexity index is 495. The molecule has 0 aliphatic rings. The molecule has 3 N–H and O–H groups in total. The molecule has 6 heteroatoms. The normalized spacial score (nSPS) is 10.7. The highest BCUT2D eigenvalue weighted by Gasteiger charge is 2.16. The van der Waals surface area contributed by atoms with Crippen LogP contribution in [0.25, 0.3) is 0 Å². The molecule has 0 saturated carbocycles. The molecular formula is C15H23N3O3. The van der Waals surface area contributed by atoms with Gasteiger partial charge in [0.15, 0.2) is 0 Å². The Morgan fingerprint density at radius 2 is 1.71 bits per heavy atom. The van der Waals surface area contributed by atoms with E-state index in [1.54, 1.807) is 13.2 Å². The maximum atomic E-state index is 11.7. The summed E-state index contributed by atoms with van der Waals surface area (Å²) in [4.78, 5) is 23.2. The number of amides is 2. The highest BCUT2D eigenvalue weighted by atomic mass is 16.5. The number of carbonyl (C=O) groups excluding carboxylic acids is 2. The van der Waals surface area contributed by atoms with Crippen LogP contribution in [-0.4, -0.2) is 25.5 Å². The largest absolute Gasteiger partial charge is 0.495 e. The molecule has 0 fully saturated rings. The Morgan fingerprint density at radius 1 is 1.10 bits per heavy atom. The highest BCUT2D eigenvalue weighted by molar-refractivity contribution is 5.85. The number of benzene rings is 1. The van der Waals surface area contributed by atoms with E-state index in [-0.39, 0.29) is 23.8 Å². The first-order valence-electron chi connectivity index (χ1n) is 6.76. The molecule has 1 aromatic rings. The number of hydrogen-bond acceptors (Lipinski definition) is 4. The van der Waals surface area contributed by atoms with Crippen molar-refractivity contribution in [2.24, 2.45) is 5.41 Å². The third-order valence-corrected chi connectivity index (χ3v) is 2.58. The first-order chi connectivity index (χ1) is 9.81. The van der Waals surface area contributed by atoms with Crippen LogP contribution in [0.5, 0.6) is 5.75 Å². The standard InChI is InChI=1S/C15H23N3O3/c1-15(2,3)9-13(19)17-18-14(20)10-16-11-7-5-6-8-12(11)21-4/h5-8,16H,9-10H2,1-4H3,(H,17,19)(H,18,20). The van der Waals surface area contributed by atoms with Gasteiger partial charge in [-0.2, -0.15) is 0 Å². The van der Waals surface area contributed by atoms with Gasteiger partial charge in [0.1, 0.15) is 5.75 Å². The second kappa shape index (κ2) is 7.52. The molecule has 0 aliphatic heterocycles. The van der Waals surface area contributed by atoms with Gasteiger partial charge in [-0.3, -0.25) is 20.4 Å². The number of hydrogen-bond donors (Lipinski definition) is 3. The van der Waals surface area contributed by atoms with Crippen LogP contribution in [0.2, 0.25) is 0 Å². The second-order valence-electron chi connectivity index (χ2n) is 5.89. The maximum Gasteiger partial charge on any atom is 0.257 e. The molecule has 2 amide bonds. The fourth-order valence-corrected chi connectivity index (χ4v) is 1.68. The Kier molecular flexibility index (Phi) is 6.02. The van der Waals surface area contributed by atoms with Gasteiger partial charge in [-0.25, -0.2) is 0 Å². The number of hydrazine groups is 1. The Labute approximate surface area is 125 Å². The minimum atomic E-state index is -0.330. The van der Waals surface area contributed by atoms with Gasteiger partial charge < -0.3 is 10.1 Å². The van der Waals surface area contributed by atoms with Gasteiger partial charge in [-0.15, -0.1) is 0 Å². The van der Waals surface area contributed by atoms with Crippen molar-refractivity contribution in [2.75, 3.05) is 19.0 Å². The summed E-state index contributed by atoms with van der Waals surface area (Å²) in [7, 11) is 1.56. The third kappa shape index (κ3) is 6.65. The predicted molar refractivity (Wildman–Crippen MR) is 81.8 cm³/mol. The minimum Gasteiger partial charge on any atom is -0.495 e. The van der Waals surface area contributed by atoms with E-state index in [1.165, 1.54) is 0 Å². The fraction of sp³-hybridized carbons (Fsp3) is 0.467. The number of nitrogens with one attached hydrogen (secondary N) is 3. The summed E-state index contributed by atoms with van der Waals surface area (Å²) in [6.45, 7) is 5.91. The van der Waals surface area contributed by atoms with Crippen LogP contribution in [0.4, 0.5) is 5.69 Å². The van der Waals surface area contributed by atoms with Crippen LogP contribution in [0, 0.1) is 5.41 Å². The van der Waals surface area contributed by atoms with Crippen LogP contribution in [0.15, 0.2) is 24.3 Å². The molecule has 0 saturated heterocycles. The van der Waals surface area contributed by atoms with Gasteiger partial charge in [-0.1, -0.05) is 32.9 Å². The van der Waals surface area contributed by atoms with Crippen molar-refractivity contribution >= 4 is 17.5 Å². The molecule has 1 aromatic carbocycles. The van der Waals surface area contributed by atoms with E-state index in [2.05, 4.69) is 16.2 Å². The van der Waals surface area contributed by atoms with E-state index in [4.69, 9.17) is 4.74 Å². The number of ether oxygens (including phenoxy) is 1. The zero-order valence-electron chi connectivity index (χ0n) is 12.9. The first kappa shape index (κ1) is 16.8. The monoisotopic (exact) mass is 293 g/mol. The van der Waals surface area contributed by atoms with E-state index in [9.17, 15) is 9.59 Å². The van der Waals surface area contributed by atoms with E-state index in [1.807, 2.05) is 39.0 Å². The van der Waals surface area contributed by atoms with Crippen LogP contribution in [0.1, 0.15) is 27.2 Å². The van der Waals surface area contributed by atoms with E-state index in [0.29, 0.717) is 12.2 Å². The molecule has 6 nitrogen and oxygen atoms in total. The maximum absolute atomic E-state index is 11.7. The van der Waals surface area contributed by atoms with Crippen molar-refractivity contribution in [3.63, 3.8) is 0 Å². The topological polar surface area (TPSA) is 79.5 Å². The zero-order chi connectivity index (χ0) is 15.9. The van der Waals surface area contributed by atoms with Crippen LogP contribution in [0.3, 0.4) is 0 Å². The highest BCUT2D eigenvalue weighted by Crippen LogP contribution is 2.22. The third-order valence-electron chi connectivity index (χ3n) is 2.58. The first-order valence-corrected chi connectivity index (χ1v) is 6.76. The number of methoxy groups -OCH3 is 1. The summed E-state index contributed by atoms with van der Waals surface area (Å²) in [5, 5.41) is 2.95. The van der Waals surface area contributed by atoms with Crippen LogP contribution in [-0.2, 0) is 9.59 Å². The molecule has 0 spiro atoms. The second-order valence-corrected chi connectivity index (χ2v) is 5.89. The van der Waals surface area contributed by atoms with Gasteiger partial charge >= 0.3 is 0 Å². The molecule has 0 aliphatic carbocycles. The molecule has 0 aromatic heterocycles. The molecular weight excluding hydrogens is 270 g/mol.